The number of esters is 1. The Balaban J connectivity index is 1.88. The van der Waals surface area contributed by atoms with Gasteiger partial charge in [0.1, 0.15) is 24.9 Å². The van der Waals surface area contributed by atoms with Crippen LogP contribution < -0.4 is 0 Å². The van der Waals surface area contributed by atoms with E-state index in [-0.39, 0.29) is 6.61 Å². The highest BCUT2D eigenvalue weighted by Gasteiger charge is 2.54. The minimum absolute atomic E-state index is 0.0486. The van der Waals surface area contributed by atoms with Gasteiger partial charge in [-0.2, -0.15) is 0 Å². The van der Waals surface area contributed by atoms with E-state index in [1.54, 1.807) is 20.8 Å². The van der Waals surface area contributed by atoms with Crippen LogP contribution in [-0.2, 0) is 23.7 Å². The van der Waals surface area contributed by atoms with Gasteiger partial charge in [-0.15, -0.1) is 0 Å². The number of fused-ring (bicyclic) bond motifs is 1. The van der Waals surface area contributed by atoms with Gasteiger partial charge in [0.2, 0.25) is 0 Å². The van der Waals surface area contributed by atoms with Crippen molar-refractivity contribution in [1.82, 2.24) is 0 Å². The van der Waals surface area contributed by atoms with Crippen LogP contribution >= 0.6 is 0 Å². The van der Waals surface area contributed by atoms with Gasteiger partial charge in [-0.25, -0.2) is 4.79 Å². The monoisotopic (exact) mass is 258 g/mol. The molecule has 0 radical (unpaired) electrons. The second-order valence-corrected chi connectivity index (χ2v) is 5.01. The number of rotatable bonds is 3. The molecule has 2 aliphatic rings. The number of aliphatic hydroxyl groups is 1. The maximum absolute atomic E-state index is 11.2. The summed E-state index contributed by atoms with van der Waals surface area (Å²) >= 11 is 0. The quantitative estimate of drug-likeness (QED) is 0.581. The van der Waals surface area contributed by atoms with E-state index in [2.05, 4.69) is 6.58 Å². The smallest absolute Gasteiger partial charge is 0.333 e. The molecule has 0 aliphatic carbocycles. The van der Waals surface area contributed by atoms with E-state index in [0.717, 1.165) is 0 Å². The summed E-state index contributed by atoms with van der Waals surface area (Å²) in [6, 6.07) is 0. The Bertz CT molecular complexity index is 364. The first-order chi connectivity index (χ1) is 8.30. The van der Waals surface area contributed by atoms with Gasteiger partial charge >= 0.3 is 5.97 Å². The fraction of sp³-hybridized carbons (Fsp3) is 0.750. The molecule has 2 heterocycles. The third-order valence-corrected chi connectivity index (χ3v) is 2.84. The molecule has 0 aromatic heterocycles. The highest BCUT2D eigenvalue weighted by atomic mass is 16.8. The molecule has 6 nitrogen and oxygen atoms in total. The Morgan fingerprint density at radius 2 is 2.11 bits per heavy atom. The highest BCUT2D eigenvalue weighted by Crippen LogP contribution is 2.37. The van der Waals surface area contributed by atoms with E-state index in [9.17, 15) is 9.90 Å². The van der Waals surface area contributed by atoms with E-state index in [1.165, 1.54) is 0 Å². The van der Waals surface area contributed by atoms with Crippen LogP contribution in [0.5, 0.6) is 0 Å². The average Bonchev–Trinajstić information content (AvgIpc) is 2.70. The number of carbonyl (C=O) groups excluding carboxylic acids is 1. The van der Waals surface area contributed by atoms with Crippen LogP contribution in [0.1, 0.15) is 20.8 Å². The molecule has 2 fully saturated rings. The van der Waals surface area contributed by atoms with Crippen molar-refractivity contribution in [3.05, 3.63) is 12.2 Å². The summed E-state index contributed by atoms with van der Waals surface area (Å²) in [5.41, 5.74) is 0.302. The number of carbonyl (C=O) groups is 1. The summed E-state index contributed by atoms with van der Waals surface area (Å²) < 4.78 is 21.4. The molecule has 4 atom stereocenters. The Labute approximate surface area is 105 Å². The van der Waals surface area contributed by atoms with Crippen molar-refractivity contribution in [3.63, 3.8) is 0 Å². The van der Waals surface area contributed by atoms with Gasteiger partial charge in [-0.3, -0.25) is 0 Å². The number of hydrogen-bond acceptors (Lipinski definition) is 6. The van der Waals surface area contributed by atoms with Gasteiger partial charge in [0, 0.05) is 5.57 Å². The van der Waals surface area contributed by atoms with E-state index in [1.807, 2.05) is 0 Å². The second kappa shape index (κ2) is 4.62. The van der Waals surface area contributed by atoms with Crippen molar-refractivity contribution in [2.75, 3.05) is 6.61 Å². The molecule has 2 rings (SSSR count). The van der Waals surface area contributed by atoms with Crippen molar-refractivity contribution in [3.8, 4) is 0 Å². The number of aliphatic hydroxyl groups excluding tert-OH is 1. The van der Waals surface area contributed by atoms with Crippen LogP contribution in [0.2, 0.25) is 0 Å². The summed E-state index contributed by atoms with van der Waals surface area (Å²) in [5.74, 6) is -1.28. The third kappa shape index (κ3) is 2.56. The Morgan fingerprint density at radius 1 is 1.44 bits per heavy atom. The van der Waals surface area contributed by atoms with Gasteiger partial charge in [-0.05, 0) is 20.8 Å². The Hall–Kier alpha value is -0.950. The summed E-state index contributed by atoms with van der Waals surface area (Å²) in [4.78, 5) is 11.2. The third-order valence-electron chi connectivity index (χ3n) is 2.84. The first kappa shape index (κ1) is 13.5. The fourth-order valence-electron chi connectivity index (χ4n) is 1.98. The minimum atomic E-state index is -0.880. The lowest BCUT2D eigenvalue weighted by atomic mass is 10.1. The highest BCUT2D eigenvalue weighted by molar-refractivity contribution is 5.86. The Kier molecular flexibility index (Phi) is 3.46. The van der Waals surface area contributed by atoms with Gasteiger partial charge in [0.25, 0.3) is 0 Å². The molecule has 0 spiro atoms. The van der Waals surface area contributed by atoms with Crippen molar-refractivity contribution >= 4 is 5.97 Å². The van der Waals surface area contributed by atoms with E-state index in [0.29, 0.717) is 5.57 Å². The topological polar surface area (TPSA) is 74.2 Å². The zero-order chi connectivity index (χ0) is 13.5. The predicted molar refractivity (Wildman–Crippen MR) is 60.5 cm³/mol. The van der Waals surface area contributed by atoms with Crippen LogP contribution in [0.4, 0.5) is 0 Å². The van der Waals surface area contributed by atoms with Gasteiger partial charge in [0.15, 0.2) is 12.1 Å². The average molecular weight is 258 g/mol. The first-order valence-electron chi connectivity index (χ1n) is 5.82. The lowest BCUT2D eigenvalue weighted by Crippen LogP contribution is -2.37. The molecule has 0 unspecified atom stereocenters. The lowest BCUT2D eigenvalue weighted by Gasteiger charge is -2.22. The van der Waals surface area contributed by atoms with Gasteiger partial charge in [0.05, 0.1) is 0 Å². The van der Waals surface area contributed by atoms with Crippen LogP contribution in [0.15, 0.2) is 12.2 Å². The molecule has 0 saturated carbocycles. The molecular weight excluding hydrogens is 240 g/mol. The molecule has 18 heavy (non-hydrogen) atoms. The summed E-state index contributed by atoms with van der Waals surface area (Å²) in [6.45, 7) is 8.47. The Morgan fingerprint density at radius 3 is 2.67 bits per heavy atom. The summed E-state index contributed by atoms with van der Waals surface area (Å²) in [5, 5.41) is 10.00. The molecule has 1 N–H and O–H groups in total. The molecule has 0 bridgehead atoms. The van der Waals surface area contributed by atoms with E-state index >= 15 is 0 Å². The largest absolute Gasteiger partial charge is 0.459 e. The predicted octanol–water partition coefficient (Wildman–Crippen LogP) is 0.343. The number of hydrogen-bond donors (Lipinski definition) is 1. The first-order valence-corrected chi connectivity index (χ1v) is 5.82. The van der Waals surface area contributed by atoms with Crippen molar-refractivity contribution in [2.24, 2.45) is 0 Å². The molecular formula is C12H18O6. The van der Waals surface area contributed by atoms with Crippen LogP contribution in [0.25, 0.3) is 0 Å². The van der Waals surface area contributed by atoms with Crippen molar-refractivity contribution in [2.45, 2.75) is 51.2 Å². The molecule has 6 heteroatoms. The standard InChI is InChI=1S/C12H18O6/c1-6(2)10(14)15-5-7-8(13)9-11(16-7)18-12(3,4)17-9/h7-9,11,13H,1,5H2,2-4H3/t7-,8+,9-,11-/m1/s1. The molecule has 102 valence electrons. The molecule has 2 aliphatic heterocycles. The molecule has 0 aromatic rings. The van der Waals surface area contributed by atoms with Crippen molar-refractivity contribution < 1.29 is 28.8 Å². The molecule has 2 saturated heterocycles. The van der Waals surface area contributed by atoms with E-state index in [4.69, 9.17) is 18.9 Å². The number of ether oxygens (including phenoxy) is 4. The van der Waals surface area contributed by atoms with Gasteiger partial charge < -0.3 is 24.1 Å². The fourth-order valence-corrected chi connectivity index (χ4v) is 1.98. The van der Waals surface area contributed by atoms with Crippen LogP contribution in [0, 0.1) is 0 Å². The minimum Gasteiger partial charge on any atom is -0.459 e. The van der Waals surface area contributed by atoms with E-state index < -0.39 is 36.4 Å². The molecule has 0 amide bonds. The zero-order valence-electron chi connectivity index (χ0n) is 10.7. The maximum atomic E-state index is 11.2. The SMILES string of the molecule is C=C(C)C(=O)OC[C@H]1O[C@@H]2OC(C)(C)O[C@@H]2[C@H]1O. The normalized spacial score (nSPS) is 37.3. The maximum Gasteiger partial charge on any atom is 0.333 e. The zero-order valence-corrected chi connectivity index (χ0v) is 10.7. The lowest BCUT2D eigenvalue weighted by molar-refractivity contribution is -0.220. The van der Waals surface area contributed by atoms with Crippen molar-refractivity contribution in [1.29, 1.82) is 0 Å². The van der Waals surface area contributed by atoms with Gasteiger partial charge in [-0.1, -0.05) is 6.58 Å². The second-order valence-electron chi connectivity index (χ2n) is 5.01. The van der Waals surface area contributed by atoms with Crippen LogP contribution in [0.3, 0.4) is 0 Å². The van der Waals surface area contributed by atoms with Crippen LogP contribution in [-0.4, -0.2) is 48.1 Å². The summed E-state index contributed by atoms with van der Waals surface area (Å²) in [7, 11) is 0. The summed E-state index contributed by atoms with van der Waals surface area (Å²) in [6.07, 6.45) is -2.69. The molecule has 0 aromatic carbocycles.